The van der Waals surface area contributed by atoms with Crippen LogP contribution in [0.25, 0.3) is 0 Å². The lowest BCUT2D eigenvalue weighted by Gasteiger charge is -2.17. The van der Waals surface area contributed by atoms with Gasteiger partial charge in [0.25, 0.3) is 0 Å². The van der Waals surface area contributed by atoms with Gasteiger partial charge in [-0.25, -0.2) is 4.39 Å². The SMILES string of the molecule is COc1cccc(Oc2ccc(F)c(Br)c2)c1[C@@H](C)N. The zero-order chi connectivity index (χ0) is 14.7. The zero-order valence-electron chi connectivity index (χ0n) is 11.2. The fourth-order valence-electron chi connectivity index (χ4n) is 1.91. The predicted octanol–water partition coefficient (Wildman–Crippen LogP) is 4.41. The third-order valence-electron chi connectivity index (χ3n) is 2.82. The lowest BCUT2D eigenvalue weighted by Crippen LogP contribution is -2.08. The van der Waals surface area contributed by atoms with Gasteiger partial charge in [-0.05, 0) is 53.2 Å². The molecule has 1 atom stereocenters. The van der Waals surface area contributed by atoms with Crippen molar-refractivity contribution in [3.05, 3.63) is 52.3 Å². The van der Waals surface area contributed by atoms with Gasteiger partial charge in [-0.2, -0.15) is 0 Å². The van der Waals surface area contributed by atoms with Crippen LogP contribution < -0.4 is 15.2 Å². The Labute approximate surface area is 125 Å². The van der Waals surface area contributed by atoms with Gasteiger partial charge in [0.1, 0.15) is 23.1 Å². The molecule has 2 aromatic carbocycles. The van der Waals surface area contributed by atoms with Crippen molar-refractivity contribution in [3.8, 4) is 17.2 Å². The molecule has 5 heteroatoms. The Hall–Kier alpha value is -1.59. The van der Waals surface area contributed by atoms with Crippen molar-refractivity contribution in [2.45, 2.75) is 13.0 Å². The molecule has 0 spiro atoms. The van der Waals surface area contributed by atoms with Gasteiger partial charge in [-0.1, -0.05) is 6.07 Å². The first-order valence-corrected chi connectivity index (χ1v) is 6.87. The van der Waals surface area contributed by atoms with E-state index < -0.39 is 0 Å². The smallest absolute Gasteiger partial charge is 0.137 e. The second kappa shape index (κ2) is 6.24. The molecule has 0 aliphatic carbocycles. The molecular formula is C15H15BrFNO2. The minimum absolute atomic E-state index is 0.245. The van der Waals surface area contributed by atoms with Crippen LogP contribution in [0, 0.1) is 5.82 Å². The molecule has 0 saturated carbocycles. The monoisotopic (exact) mass is 339 g/mol. The third kappa shape index (κ3) is 3.11. The molecule has 106 valence electrons. The van der Waals surface area contributed by atoms with Crippen LogP contribution >= 0.6 is 15.9 Å². The van der Waals surface area contributed by atoms with Crippen LogP contribution in [0.5, 0.6) is 17.2 Å². The van der Waals surface area contributed by atoms with Gasteiger partial charge >= 0.3 is 0 Å². The Morgan fingerprint density at radius 1 is 1.20 bits per heavy atom. The number of halogens is 2. The summed E-state index contributed by atoms with van der Waals surface area (Å²) in [5, 5.41) is 0. The summed E-state index contributed by atoms with van der Waals surface area (Å²) in [5.41, 5.74) is 6.74. The number of hydrogen-bond acceptors (Lipinski definition) is 3. The molecule has 0 heterocycles. The van der Waals surface area contributed by atoms with E-state index in [0.717, 1.165) is 5.56 Å². The van der Waals surface area contributed by atoms with Crippen molar-refractivity contribution in [2.75, 3.05) is 7.11 Å². The van der Waals surface area contributed by atoms with Gasteiger partial charge in [0.2, 0.25) is 0 Å². The third-order valence-corrected chi connectivity index (χ3v) is 3.43. The summed E-state index contributed by atoms with van der Waals surface area (Å²) < 4.78 is 24.7. The molecule has 0 bridgehead atoms. The van der Waals surface area contributed by atoms with E-state index in [1.165, 1.54) is 6.07 Å². The molecule has 0 saturated heterocycles. The van der Waals surface area contributed by atoms with E-state index in [0.29, 0.717) is 21.7 Å². The first-order chi connectivity index (χ1) is 9.52. The predicted molar refractivity (Wildman–Crippen MR) is 79.8 cm³/mol. The average molecular weight is 340 g/mol. The van der Waals surface area contributed by atoms with Crippen molar-refractivity contribution in [3.63, 3.8) is 0 Å². The van der Waals surface area contributed by atoms with Crippen LogP contribution in [0.3, 0.4) is 0 Å². The molecule has 0 aliphatic rings. The molecular weight excluding hydrogens is 325 g/mol. The van der Waals surface area contributed by atoms with Crippen LogP contribution in [0.15, 0.2) is 40.9 Å². The van der Waals surface area contributed by atoms with Crippen molar-refractivity contribution in [1.82, 2.24) is 0 Å². The number of benzene rings is 2. The fraction of sp³-hybridized carbons (Fsp3) is 0.200. The largest absolute Gasteiger partial charge is 0.496 e. The van der Waals surface area contributed by atoms with Crippen LogP contribution in [0.1, 0.15) is 18.5 Å². The maximum absolute atomic E-state index is 13.2. The molecule has 20 heavy (non-hydrogen) atoms. The van der Waals surface area contributed by atoms with E-state index in [1.54, 1.807) is 25.3 Å². The van der Waals surface area contributed by atoms with Crippen LogP contribution in [0.2, 0.25) is 0 Å². The maximum atomic E-state index is 13.2. The van der Waals surface area contributed by atoms with Crippen molar-refractivity contribution < 1.29 is 13.9 Å². The van der Waals surface area contributed by atoms with E-state index >= 15 is 0 Å². The summed E-state index contributed by atoms with van der Waals surface area (Å²) >= 11 is 3.13. The topological polar surface area (TPSA) is 44.5 Å². The van der Waals surface area contributed by atoms with Gasteiger partial charge in [0.05, 0.1) is 17.1 Å². The standard InChI is InChI=1S/C15H15BrFNO2/c1-9(18)15-13(19-2)4-3-5-14(15)20-10-6-7-12(17)11(16)8-10/h3-9H,18H2,1-2H3/t9-/m1/s1. The van der Waals surface area contributed by atoms with Gasteiger partial charge in [-0.3, -0.25) is 0 Å². The first-order valence-electron chi connectivity index (χ1n) is 6.08. The molecule has 0 amide bonds. The summed E-state index contributed by atoms with van der Waals surface area (Å²) in [6.07, 6.45) is 0. The number of rotatable bonds is 4. The molecule has 2 rings (SSSR count). The highest BCUT2D eigenvalue weighted by Crippen LogP contribution is 2.36. The molecule has 2 N–H and O–H groups in total. The Morgan fingerprint density at radius 3 is 2.50 bits per heavy atom. The first kappa shape index (κ1) is 14.8. The highest BCUT2D eigenvalue weighted by Gasteiger charge is 2.15. The zero-order valence-corrected chi connectivity index (χ0v) is 12.8. The average Bonchev–Trinajstić information content (AvgIpc) is 2.42. The summed E-state index contributed by atoms with van der Waals surface area (Å²) in [5.74, 6) is 1.44. The number of hydrogen-bond donors (Lipinski definition) is 1. The summed E-state index contributed by atoms with van der Waals surface area (Å²) in [4.78, 5) is 0. The summed E-state index contributed by atoms with van der Waals surface area (Å²) in [7, 11) is 1.58. The quantitative estimate of drug-likeness (QED) is 0.897. The van der Waals surface area contributed by atoms with E-state index in [2.05, 4.69) is 15.9 Å². The molecule has 0 radical (unpaired) electrons. The van der Waals surface area contributed by atoms with Gasteiger partial charge in [0, 0.05) is 6.04 Å². The normalized spacial score (nSPS) is 12.1. The van der Waals surface area contributed by atoms with Crippen molar-refractivity contribution >= 4 is 15.9 Å². The molecule has 0 unspecified atom stereocenters. The lowest BCUT2D eigenvalue weighted by molar-refractivity contribution is 0.397. The van der Waals surface area contributed by atoms with Gasteiger partial charge < -0.3 is 15.2 Å². The molecule has 3 nitrogen and oxygen atoms in total. The van der Waals surface area contributed by atoms with E-state index in [9.17, 15) is 4.39 Å². The number of methoxy groups -OCH3 is 1. The molecule has 2 aromatic rings. The van der Waals surface area contributed by atoms with Crippen LogP contribution in [0.4, 0.5) is 4.39 Å². The Morgan fingerprint density at radius 2 is 1.90 bits per heavy atom. The van der Waals surface area contributed by atoms with Crippen LogP contribution in [-0.4, -0.2) is 7.11 Å². The Kier molecular flexibility index (Phi) is 4.62. The minimum atomic E-state index is -0.338. The molecule has 0 aromatic heterocycles. The van der Waals surface area contributed by atoms with Gasteiger partial charge in [0.15, 0.2) is 0 Å². The second-order valence-corrected chi connectivity index (χ2v) is 5.19. The van der Waals surface area contributed by atoms with E-state index in [4.69, 9.17) is 15.2 Å². The summed E-state index contributed by atoms with van der Waals surface area (Å²) in [6.45, 7) is 1.85. The van der Waals surface area contributed by atoms with Crippen LogP contribution in [-0.2, 0) is 0 Å². The fourth-order valence-corrected chi connectivity index (χ4v) is 2.26. The van der Waals surface area contributed by atoms with Crippen molar-refractivity contribution in [2.24, 2.45) is 5.73 Å². The van der Waals surface area contributed by atoms with Crippen molar-refractivity contribution in [1.29, 1.82) is 0 Å². The lowest BCUT2D eigenvalue weighted by atomic mass is 10.1. The molecule has 0 aliphatic heterocycles. The Balaban J connectivity index is 2.40. The molecule has 0 fully saturated rings. The highest BCUT2D eigenvalue weighted by atomic mass is 79.9. The second-order valence-electron chi connectivity index (χ2n) is 4.34. The highest BCUT2D eigenvalue weighted by molar-refractivity contribution is 9.10. The number of ether oxygens (including phenoxy) is 2. The summed E-state index contributed by atoms with van der Waals surface area (Å²) in [6, 6.07) is 9.67. The Bertz CT molecular complexity index is 617. The van der Waals surface area contributed by atoms with E-state index in [1.807, 2.05) is 19.1 Å². The minimum Gasteiger partial charge on any atom is -0.496 e. The number of nitrogens with two attached hydrogens (primary N) is 1. The van der Waals surface area contributed by atoms with E-state index in [-0.39, 0.29) is 11.9 Å². The maximum Gasteiger partial charge on any atom is 0.137 e. The van der Waals surface area contributed by atoms with Gasteiger partial charge in [-0.15, -0.1) is 0 Å².